The number of nitrogens with one attached hydrogen (secondary N) is 1. The minimum absolute atomic E-state index is 0.0388. The molecule has 6 heteroatoms. The van der Waals surface area contributed by atoms with E-state index in [1.165, 1.54) is 17.9 Å². The van der Waals surface area contributed by atoms with E-state index >= 15 is 0 Å². The van der Waals surface area contributed by atoms with Gasteiger partial charge < -0.3 is 10.1 Å². The van der Waals surface area contributed by atoms with Gasteiger partial charge in [0.15, 0.2) is 11.4 Å². The molecule has 0 radical (unpaired) electrons. The zero-order valence-corrected chi connectivity index (χ0v) is 14.8. The second-order valence-corrected chi connectivity index (χ2v) is 5.92. The normalized spacial score (nSPS) is 10.4. The number of hydrogen-bond acceptors (Lipinski definition) is 4. The molecule has 0 aliphatic rings. The zero-order valence-electron chi connectivity index (χ0n) is 14.8. The van der Waals surface area contributed by atoms with Crippen LogP contribution in [0.25, 0.3) is 5.69 Å². The Hall–Kier alpha value is -3.41. The molecule has 0 saturated heterocycles. The van der Waals surface area contributed by atoms with Crippen LogP contribution in [0, 0.1) is 13.8 Å². The molecule has 3 rings (SSSR count). The average Bonchev–Trinajstić information content (AvgIpc) is 2.65. The van der Waals surface area contributed by atoms with Crippen molar-refractivity contribution in [1.29, 1.82) is 0 Å². The van der Waals surface area contributed by atoms with Crippen LogP contribution in [0.1, 0.15) is 21.6 Å². The summed E-state index contributed by atoms with van der Waals surface area (Å²) in [5, 5.41) is 7.07. The molecule has 0 unspecified atom stereocenters. The predicted molar refractivity (Wildman–Crippen MR) is 100 cm³/mol. The summed E-state index contributed by atoms with van der Waals surface area (Å²) >= 11 is 0. The number of amides is 1. The van der Waals surface area contributed by atoms with Crippen LogP contribution in [0.3, 0.4) is 0 Å². The molecule has 1 heterocycles. The number of para-hydroxylation sites is 1. The molecule has 0 aliphatic heterocycles. The van der Waals surface area contributed by atoms with E-state index in [1.54, 1.807) is 24.3 Å². The van der Waals surface area contributed by atoms with Crippen molar-refractivity contribution < 1.29 is 9.53 Å². The smallest absolute Gasteiger partial charge is 0.280 e. The molecule has 6 nitrogen and oxygen atoms in total. The maximum atomic E-state index is 12.8. The standard InChI is InChI=1S/C20H19N3O3/c1-13-9-10-14(2)16(11-13)21-20(25)19-17(26-3)12-18(24)23(22-19)15-7-5-4-6-8-15/h4-12H,1-3H3,(H,21,25). The number of aromatic nitrogens is 2. The number of carbonyl (C=O) groups is 1. The predicted octanol–water partition coefficient (Wildman–Crippen LogP) is 3.11. The summed E-state index contributed by atoms with van der Waals surface area (Å²) in [4.78, 5) is 25.1. The molecular formula is C20H19N3O3. The van der Waals surface area contributed by atoms with E-state index in [9.17, 15) is 9.59 Å². The number of nitrogens with zero attached hydrogens (tertiary/aromatic N) is 2. The number of anilines is 1. The fourth-order valence-corrected chi connectivity index (χ4v) is 2.56. The summed E-state index contributed by atoms with van der Waals surface area (Å²) < 4.78 is 6.37. The fraction of sp³-hybridized carbons (Fsp3) is 0.150. The lowest BCUT2D eigenvalue weighted by Crippen LogP contribution is -2.26. The SMILES string of the molecule is COc1cc(=O)n(-c2ccccc2)nc1C(=O)Nc1cc(C)ccc1C. The Morgan fingerprint density at radius 3 is 2.50 bits per heavy atom. The van der Waals surface area contributed by atoms with Crippen molar-refractivity contribution in [2.75, 3.05) is 12.4 Å². The van der Waals surface area contributed by atoms with Gasteiger partial charge in [0.2, 0.25) is 0 Å². The quantitative estimate of drug-likeness (QED) is 0.785. The summed E-state index contributed by atoms with van der Waals surface area (Å²) in [6.07, 6.45) is 0. The van der Waals surface area contributed by atoms with Gasteiger partial charge >= 0.3 is 0 Å². The Balaban J connectivity index is 2.04. The molecule has 0 fully saturated rings. The minimum Gasteiger partial charge on any atom is -0.494 e. The number of benzene rings is 2. The molecule has 3 aromatic rings. The van der Waals surface area contributed by atoms with Gasteiger partial charge in [-0.15, -0.1) is 0 Å². The number of hydrogen-bond donors (Lipinski definition) is 1. The second-order valence-electron chi connectivity index (χ2n) is 5.92. The Bertz CT molecular complexity index is 1010. The van der Waals surface area contributed by atoms with Crippen LogP contribution in [0.5, 0.6) is 5.75 Å². The highest BCUT2D eigenvalue weighted by molar-refractivity contribution is 6.05. The first-order valence-electron chi connectivity index (χ1n) is 8.12. The Labute approximate surface area is 151 Å². The van der Waals surface area contributed by atoms with Gasteiger partial charge in [-0.25, -0.2) is 0 Å². The van der Waals surface area contributed by atoms with Crippen LogP contribution >= 0.6 is 0 Å². The third kappa shape index (κ3) is 3.49. The van der Waals surface area contributed by atoms with Gasteiger partial charge in [0.25, 0.3) is 11.5 Å². The molecule has 0 spiro atoms. The van der Waals surface area contributed by atoms with E-state index in [0.29, 0.717) is 11.4 Å². The third-order valence-corrected chi connectivity index (χ3v) is 3.97. The molecule has 1 aromatic heterocycles. The van der Waals surface area contributed by atoms with Crippen molar-refractivity contribution in [2.24, 2.45) is 0 Å². The van der Waals surface area contributed by atoms with Gasteiger partial charge in [0, 0.05) is 5.69 Å². The van der Waals surface area contributed by atoms with Crippen LogP contribution in [0.15, 0.2) is 59.4 Å². The van der Waals surface area contributed by atoms with Crippen molar-refractivity contribution in [3.05, 3.63) is 81.8 Å². The molecule has 0 saturated carbocycles. The summed E-state index contributed by atoms with van der Waals surface area (Å²) in [6, 6.07) is 16.0. The van der Waals surface area contributed by atoms with Crippen LogP contribution in [0.4, 0.5) is 5.69 Å². The van der Waals surface area contributed by atoms with Gasteiger partial charge in [-0.2, -0.15) is 9.78 Å². The monoisotopic (exact) mass is 349 g/mol. The number of carbonyl (C=O) groups excluding carboxylic acids is 1. The largest absolute Gasteiger partial charge is 0.494 e. The molecule has 132 valence electrons. The second kappa shape index (κ2) is 7.23. The molecule has 26 heavy (non-hydrogen) atoms. The maximum absolute atomic E-state index is 12.8. The molecule has 0 bridgehead atoms. The fourth-order valence-electron chi connectivity index (χ4n) is 2.56. The van der Waals surface area contributed by atoms with Gasteiger partial charge in [-0.1, -0.05) is 30.3 Å². The number of methoxy groups -OCH3 is 1. The summed E-state index contributed by atoms with van der Waals surface area (Å²) in [5.41, 5.74) is 2.88. The topological polar surface area (TPSA) is 73.2 Å². The summed E-state index contributed by atoms with van der Waals surface area (Å²) in [7, 11) is 1.40. The first kappa shape index (κ1) is 17.4. The lowest BCUT2D eigenvalue weighted by molar-refractivity contribution is 0.101. The first-order chi connectivity index (χ1) is 12.5. The van der Waals surface area contributed by atoms with Crippen molar-refractivity contribution >= 4 is 11.6 Å². The van der Waals surface area contributed by atoms with Crippen LogP contribution in [0.2, 0.25) is 0 Å². The average molecular weight is 349 g/mol. The molecule has 2 aromatic carbocycles. The van der Waals surface area contributed by atoms with Crippen molar-refractivity contribution in [1.82, 2.24) is 9.78 Å². The van der Waals surface area contributed by atoms with Gasteiger partial charge in [-0.05, 0) is 43.2 Å². The number of rotatable bonds is 4. The highest BCUT2D eigenvalue weighted by Crippen LogP contribution is 2.20. The van der Waals surface area contributed by atoms with E-state index in [-0.39, 0.29) is 17.0 Å². The van der Waals surface area contributed by atoms with E-state index in [1.807, 2.05) is 38.1 Å². The molecule has 0 aliphatic carbocycles. The summed E-state index contributed by atoms with van der Waals surface area (Å²) in [6.45, 7) is 3.86. The Morgan fingerprint density at radius 1 is 1.08 bits per heavy atom. The van der Waals surface area contributed by atoms with E-state index in [4.69, 9.17) is 4.74 Å². The number of ether oxygens (including phenoxy) is 1. The number of aryl methyl sites for hydroxylation is 2. The molecule has 1 N–H and O–H groups in total. The molecular weight excluding hydrogens is 330 g/mol. The first-order valence-corrected chi connectivity index (χ1v) is 8.12. The maximum Gasteiger partial charge on any atom is 0.280 e. The zero-order chi connectivity index (χ0) is 18.7. The van der Waals surface area contributed by atoms with Gasteiger partial charge in [0.1, 0.15) is 0 Å². The van der Waals surface area contributed by atoms with E-state index in [2.05, 4.69) is 10.4 Å². The van der Waals surface area contributed by atoms with Crippen molar-refractivity contribution in [3.8, 4) is 11.4 Å². The lowest BCUT2D eigenvalue weighted by Gasteiger charge is -2.13. The molecule has 0 atom stereocenters. The van der Waals surface area contributed by atoms with E-state index < -0.39 is 5.91 Å². The van der Waals surface area contributed by atoms with Gasteiger partial charge in [-0.3, -0.25) is 9.59 Å². The van der Waals surface area contributed by atoms with Gasteiger partial charge in [0.05, 0.1) is 18.9 Å². The summed E-state index contributed by atoms with van der Waals surface area (Å²) in [5.74, 6) is -0.315. The van der Waals surface area contributed by atoms with Crippen molar-refractivity contribution in [3.63, 3.8) is 0 Å². The Morgan fingerprint density at radius 2 is 1.81 bits per heavy atom. The minimum atomic E-state index is -0.444. The lowest BCUT2D eigenvalue weighted by atomic mass is 10.1. The Kier molecular flexibility index (Phi) is 4.84. The van der Waals surface area contributed by atoms with Crippen LogP contribution in [-0.4, -0.2) is 22.8 Å². The molecule has 1 amide bonds. The van der Waals surface area contributed by atoms with Crippen LogP contribution in [-0.2, 0) is 0 Å². The van der Waals surface area contributed by atoms with E-state index in [0.717, 1.165) is 11.1 Å². The van der Waals surface area contributed by atoms with Crippen molar-refractivity contribution in [2.45, 2.75) is 13.8 Å². The highest BCUT2D eigenvalue weighted by atomic mass is 16.5. The van der Waals surface area contributed by atoms with Crippen LogP contribution < -0.4 is 15.6 Å². The highest BCUT2D eigenvalue weighted by Gasteiger charge is 2.18. The third-order valence-electron chi connectivity index (χ3n) is 3.97.